The Morgan fingerprint density at radius 3 is 1.53 bits per heavy atom. The zero-order valence-electron chi connectivity index (χ0n) is 29.8. The number of para-hydroxylation sites is 3. The summed E-state index contributed by atoms with van der Waals surface area (Å²) in [5, 5.41) is 6.66. The van der Waals surface area contributed by atoms with E-state index in [-0.39, 0.29) is 0 Å². The lowest BCUT2D eigenvalue weighted by molar-refractivity contribution is 0.670. The Hall–Kier alpha value is -7.36. The minimum atomic E-state index is 0.866. The highest BCUT2D eigenvalue weighted by molar-refractivity contribution is 6.21. The van der Waals surface area contributed by atoms with Crippen LogP contribution in [0.5, 0.6) is 0 Å². The molecule has 2 aromatic heterocycles. The lowest BCUT2D eigenvalue weighted by Gasteiger charge is -2.26. The summed E-state index contributed by atoms with van der Waals surface area (Å²) < 4.78 is 13.2. The van der Waals surface area contributed by atoms with Crippen molar-refractivity contribution in [3.05, 3.63) is 200 Å². The number of furan rings is 2. The predicted octanol–water partition coefficient (Wildman–Crippen LogP) is 15.1. The first-order chi connectivity index (χ1) is 27.3. The van der Waals surface area contributed by atoms with Crippen LogP contribution in [-0.4, -0.2) is 0 Å². The second kappa shape index (κ2) is 12.6. The minimum absolute atomic E-state index is 0.866. The number of fused-ring (bicyclic) bond motifs is 8. The Bertz CT molecular complexity index is 3180. The summed E-state index contributed by atoms with van der Waals surface area (Å²) in [6.07, 6.45) is 0. The van der Waals surface area contributed by atoms with Crippen molar-refractivity contribution in [3.8, 4) is 33.4 Å². The maximum atomic E-state index is 6.74. The highest BCUT2D eigenvalue weighted by Crippen LogP contribution is 2.44. The Balaban J connectivity index is 0.987. The van der Waals surface area contributed by atoms with Crippen molar-refractivity contribution in [2.75, 3.05) is 4.90 Å². The molecule has 0 bridgehead atoms. The fraction of sp³-hybridized carbons (Fsp3) is 0. The zero-order valence-corrected chi connectivity index (χ0v) is 29.8. The van der Waals surface area contributed by atoms with E-state index in [9.17, 15) is 0 Å². The van der Waals surface area contributed by atoms with Crippen molar-refractivity contribution < 1.29 is 8.83 Å². The van der Waals surface area contributed by atoms with Crippen LogP contribution < -0.4 is 4.90 Å². The van der Waals surface area contributed by atoms with Gasteiger partial charge in [0.05, 0.1) is 0 Å². The van der Waals surface area contributed by atoms with Gasteiger partial charge in [-0.2, -0.15) is 0 Å². The molecule has 0 saturated carbocycles. The Kier molecular flexibility index (Phi) is 7.17. The molecule has 0 radical (unpaired) electrons. The van der Waals surface area contributed by atoms with Crippen molar-refractivity contribution in [3.63, 3.8) is 0 Å². The van der Waals surface area contributed by atoms with Crippen molar-refractivity contribution in [1.29, 1.82) is 0 Å². The Morgan fingerprint density at radius 1 is 0.273 bits per heavy atom. The van der Waals surface area contributed by atoms with Crippen LogP contribution in [0.25, 0.3) is 88.0 Å². The molecule has 3 heteroatoms. The van der Waals surface area contributed by atoms with Crippen molar-refractivity contribution in [2.24, 2.45) is 0 Å². The topological polar surface area (TPSA) is 29.5 Å². The molecule has 0 unspecified atom stereocenters. The summed E-state index contributed by atoms with van der Waals surface area (Å²) in [4.78, 5) is 2.30. The van der Waals surface area contributed by atoms with Gasteiger partial charge in [0.25, 0.3) is 0 Å². The molecule has 11 rings (SSSR count). The van der Waals surface area contributed by atoms with Crippen LogP contribution in [0, 0.1) is 0 Å². The number of anilines is 3. The average molecular weight is 704 g/mol. The van der Waals surface area contributed by atoms with E-state index >= 15 is 0 Å². The van der Waals surface area contributed by atoms with E-state index in [0.29, 0.717) is 0 Å². The number of hydrogen-bond acceptors (Lipinski definition) is 3. The highest BCUT2D eigenvalue weighted by atomic mass is 16.3. The van der Waals surface area contributed by atoms with E-state index in [2.05, 4.69) is 193 Å². The van der Waals surface area contributed by atoms with Crippen LogP contribution in [0.4, 0.5) is 17.1 Å². The van der Waals surface area contributed by atoms with Gasteiger partial charge in [0.15, 0.2) is 0 Å². The number of nitrogens with zero attached hydrogens (tertiary/aromatic N) is 1. The molecule has 0 fully saturated rings. The van der Waals surface area contributed by atoms with E-state index < -0.39 is 0 Å². The van der Waals surface area contributed by atoms with E-state index in [1.807, 2.05) is 12.1 Å². The third kappa shape index (κ3) is 5.20. The Morgan fingerprint density at radius 2 is 0.782 bits per heavy atom. The molecule has 2 heterocycles. The molecular formula is C52H33NO2. The van der Waals surface area contributed by atoms with Gasteiger partial charge >= 0.3 is 0 Å². The van der Waals surface area contributed by atoms with Crippen molar-refractivity contribution in [2.45, 2.75) is 0 Å². The zero-order chi connectivity index (χ0) is 36.3. The molecule has 3 nitrogen and oxygen atoms in total. The number of hydrogen-bond donors (Lipinski definition) is 0. The summed E-state index contributed by atoms with van der Waals surface area (Å²) >= 11 is 0. The van der Waals surface area contributed by atoms with E-state index in [1.165, 1.54) is 11.1 Å². The third-order valence-electron chi connectivity index (χ3n) is 10.9. The Labute approximate surface area is 317 Å². The lowest BCUT2D eigenvalue weighted by atomic mass is 9.94. The second-order valence-corrected chi connectivity index (χ2v) is 14.1. The monoisotopic (exact) mass is 703 g/mol. The van der Waals surface area contributed by atoms with Gasteiger partial charge < -0.3 is 13.7 Å². The quantitative estimate of drug-likeness (QED) is 0.173. The molecule has 55 heavy (non-hydrogen) atoms. The SMILES string of the molecule is c1ccc(-c2ccc(N(c3ccccc3)c3ccc(-c4ccc5c(c4)oc4c6ccccc6c(-c6cccc7c6oc6ccccc67)cc54)cc3)cc2)cc1. The van der Waals surface area contributed by atoms with Crippen LogP contribution in [0.1, 0.15) is 0 Å². The molecular weight excluding hydrogens is 671 g/mol. The minimum Gasteiger partial charge on any atom is -0.455 e. The highest BCUT2D eigenvalue weighted by Gasteiger charge is 2.19. The fourth-order valence-corrected chi connectivity index (χ4v) is 8.22. The molecule has 0 aliphatic carbocycles. The van der Waals surface area contributed by atoms with Gasteiger partial charge in [0, 0.05) is 49.6 Å². The van der Waals surface area contributed by atoms with Crippen LogP contribution in [0.15, 0.2) is 209 Å². The molecule has 9 aromatic carbocycles. The van der Waals surface area contributed by atoms with Gasteiger partial charge in [-0.25, -0.2) is 0 Å². The number of rotatable bonds is 6. The summed E-state index contributed by atoms with van der Waals surface area (Å²) in [5.74, 6) is 0. The van der Waals surface area contributed by atoms with Gasteiger partial charge in [-0.1, -0.05) is 140 Å². The van der Waals surface area contributed by atoms with Crippen LogP contribution in [0.3, 0.4) is 0 Å². The standard InChI is InChI=1S/C52H33NO2/c1-3-12-34(13-4-1)35-22-27-39(28-23-35)53(38-14-5-2-6-15-38)40-29-24-36(25-30-40)37-26-31-43-48-33-47(41-16-7-8-18-44(41)52(48)55-50(43)32-37)46-20-11-19-45-42-17-9-10-21-49(42)54-51(45)46/h1-33H. The summed E-state index contributed by atoms with van der Waals surface area (Å²) in [6, 6.07) is 70.8. The molecule has 0 atom stereocenters. The summed E-state index contributed by atoms with van der Waals surface area (Å²) in [7, 11) is 0. The maximum Gasteiger partial charge on any atom is 0.143 e. The maximum absolute atomic E-state index is 6.74. The van der Waals surface area contributed by atoms with Gasteiger partial charge in [0.2, 0.25) is 0 Å². The molecule has 0 spiro atoms. The average Bonchev–Trinajstić information content (AvgIpc) is 3.83. The van der Waals surface area contributed by atoms with Crippen molar-refractivity contribution in [1.82, 2.24) is 0 Å². The van der Waals surface area contributed by atoms with E-state index in [1.54, 1.807) is 0 Å². The largest absolute Gasteiger partial charge is 0.455 e. The van der Waals surface area contributed by atoms with Gasteiger partial charge in [-0.3, -0.25) is 0 Å². The van der Waals surface area contributed by atoms with E-state index in [4.69, 9.17) is 8.83 Å². The first kappa shape index (κ1) is 31.2. The molecule has 258 valence electrons. The van der Waals surface area contributed by atoms with E-state index in [0.717, 1.165) is 94.0 Å². The fourth-order valence-electron chi connectivity index (χ4n) is 8.22. The van der Waals surface area contributed by atoms with Gasteiger partial charge in [-0.15, -0.1) is 0 Å². The van der Waals surface area contributed by atoms with Gasteiger partial charge in [-0.05, 0) is 93.9 Å². The second-order valence-electron chi connectivity index (χ2n) is 14.1. The number of benzene rings is 9. The molecule has 0 aliphatic rings. The first-order valence-electron chi connectivity index (χ1n) is 18.7. The molecule has 0 amide bonds. The lowest BCUT2D eigenvalue weighted by Crippen LogP contribution is -2.09. The third-order valence-corrected chi connectivity index (χ3v) is 10.9. The van der Waals surface area contributed by atoms with Crippen LogP contribution in [-0.2, 0) is 0 Å². The normalized spacial score (nSPS) is 11.6. The molecule has 0 N–H and O–H groups in total. The molecule has 0 aliphatic heterocycles. The van der Waals surface area contributed by atoms with Crippen molar-refractivity contribution >= 4 is 71.7 Å². The summed E-state index contributed by atoms with van der Waals surface area (Å²) in [5.41, 5.74) is 13.7. The smallest absolute Gasteiger partial charge is 0.143 e. The first-order valence-corrected chi connectivity index (χ1v) is 18.7. The predicted molar refractivity (Wildman–Crippen MR) is 229 cm³/mol. The van der Waals surface area contributed by atoms with Crippen LogP contribution >= 0.6 is 0 Å². The molecule has 0 saturated heterocycles. The van der Waals surface area contributed by atoms with Crippen LogP contribution in [0.2, 0.25) is 0 Å². The van der Waals surface area contributed by atoms with Gasteiger partial charge in [0.1, 0.15) is 22.3 Å². The summed E-state index contributed by atoms with van der Waals surface area (Å²) in [6.45, 7) is 0. The molecule has 11 aromatic rings.